The fourth-order valence-electron chi connectivity index (χ4n) is 4.08. The number of fused-ring (bicyclic) bond motifs is 1. The van der Waals surface area contributed by atoms with E-state index in [9.17, 15) is 4.79 Å². The maximum absolute atomic E-state index is 13.1. The van der Waals surface area contributed by atoms with Crippen molar-refractivity contribution in [1.29, 1.82) is 0 Å². The van der Waals surface area contributed by atoms with Crippen LogP contribution < -0.4 is 0 Å². The van der Waals surface area contributed by atoms with Crippen LogP contribution >= 0.6 is 0 Å². The first-order valence-electron chi connectivity index (χ1n) is 9.22. The van der Waals surface area contributed by atoms with Crippen molar-refractivity contribution in [1.82, 2.24) is 29.5 Å². The molecule has 134 valence electrons. The topological polar surface area (TPSA) is 70.0 Å². The summed E-state index contributed by atoms with van der Waals surface area (Å²) in [5.74, 6) is 1.47. The Bertz CT molecular complexity index is 763. The van der Waals surface area contributed by atoms with Gasteiger partial charge in [-0.3, -0.25) is 9.89 Å². The highest BCUT2D eigenvalue weighted by molar-refractivity contribution is 5.94. The Morgan fingerprint density at radius 3 is 3.12 bits per heavy atom. The van der Waals surface area contributed by atoms with Gasteiger partial charge >= 0.3 is 0 Å². The number of hydrogen-bond donors (Lipinski definition) is 1. The summed E-state index contributed by atoms with van der Waals surface area (Å²) in [7, 11) is 2.09. The zero-order valence-electron chi connectivity index (χ0n) is 15.0. The van der Waals surface area contributed by atoms with Crippen LogP contribution in [0, 0.1) is 0 Å². The fraction of sp³-hybridized carbons (Fsp3) is 0.611. The minimum Gasteiger partial charge on any atom is -0.337 e. The van der Waals surface area contributed by atoms with Gasteiger partial charge in [-0.05, 0) is 26.8 Å². The molecule has 1 N–H and O–H groups in total. The van der Waals surface area contributed by atoms with Crippen molar-refractivity contribution in [3.8, 4) is 0 Å². The van der Waals surface area contributed by atoms with Crippen molar-refractivity contribution in [2.75, 3.05) is 26.7 Å². The van der Waals surface area contributed by atoms with E-state index in [1.54, 1.807) is 0 Å². The SMILES string of the molecule is CCn1ccnc1C1CCCN(C(=O)c2n[nH]c3c2CN(C)CC3)C1. The molecule has 0 aliphatic carbocycles. The number of carbonyl (C=O) groups is 1. The van der Waals surface area contributed by atoms with Gasteiger partial charge in [0.25, 0.3) is 5.91 Å². The molecule has 1 amide bonds. The number of H-pyrrole nitrogens is 1. The monoisotopic (exact) mass is 342 g/mol. The largest absolute Gasteiger partial charge is 0.337 e. The zero-order chi connectivity index (χ0) is 17.4. The number of carbonyl (C=O) groups excluding carboxylic acids is 1. The summed E-state index contributed by atoms with van der Waals surface area (Å²) in [6.07, 6.45) is 6.92. The number of likely N-dealkylation sites (N-methyl/N-ethyl adjacent to an activating group) is 1. The summed E-state index contributed by atoms with van der Waals surface area (Å²) in [5, 5.41) is 7.45. The van der Waals surface area contributed by atoms with Crippen LogP contribution in [0.4, 0.5) is 0 Å². The van der Waals surface area contributed by atoms with E-state index in [0.29, 0.717) is 11.6 Å². The van der Waals surface area contributed by atoms with Gasteiger partial charge < -0.3 is 14.4 Å². The van der Waals surface area contributed by atoms with E-state index in [-0.39, 0.29) is 5.91 Å². The number of likely N-dealkylation sites (tertiary alicyclic amines) is 1. The van der Waals surface area contributed by atoms with E-state index < -0.39 is 0 Å². The van der Waals surface area contributed by atoms with Crippen molar-refractivity contribution in [2.24, 2.45) is 0 Å². The van der Waals surface area contributed by atoms with E-state index >= 15 is 0 Å². The van der Waals surface area contributed by atoms with Crippen LogP contribution in [0.3, 0.4) is 0 Å². The maximum atomic E-state index is 13.1. The molecule has 7 heteroatoms. The third-order valence-electron chi connectivity index (χ3n) is 5.49. The number of imidazole rings is 1. The molecule has 0 radical (unpaired) electrons. The molecule has 2 aromatic heterocycles. The van der Waals surface area contributed by atoms with Crippen LogP contribution in [0.1, 0.15) is 53.3 Å². The van der Waals surface area contributed by atoms with Gasteiger partial charge in [-0.1, -0.05) is 0 Å². The molecule has 0 aromatic carbocycles. The lowest BCUT2D eigenvalue weighted by Crippen LogP contribution is -2.40. The number of hydrogen-bond acceptors (Lipinski definition) is 4. The summed E-state index contributed by atoms with van der Waals surface area (Å²) < 4.78 is 2.18. The summed E-state index contributed by atoms with van der Waals surface area (Å²) >= 11 is 0. The molecule has 25 heavy (non-hydrogen) atoms. The molecule has 4 rings (SSSR count). The van der Waals surface area contributed by atoms with E-state index in [1.165, 1.54) is 0 Å². The predicted molar refractivity (Wildman–Crippen MR) is 94.4 cm³/mol. The molecule has 2 aromatic rings. The molecule has 1 unspecified atom stereocenters. The van der Waals surface area contributed by atoms with Crippen LogP contribution in [-0.4, -0.2) is 62.1 Å². The molecule has 7 nitrogen and oxygen atoms in total. The number of nitrogens with one attached hydrogen (secondary N) is 1. The number of rotatable bonds is 3. The van der Waals surface area contributed by atoms with Crippen LogP contribution in [0.5, 0.6) is 0 Å². The predicted octanol–water partition coefficient (Wildman–Crippen LogP) is 1.63. The highest BCUT2D eigenvalue weighted by Crippen LogP contribution is 2.28. The number of amides is 1. The van der Waals surface area contributed by atoms with Crippen LogP contribution in [0.15, 0.2) is 12.4 Å². The van der Waals surface area contributed by atoms with Crippen LogP contribution in [0.2, 0.25) is 0 Å². The van der Waals surface area contributed by atoms with Crippen LogP contribution in [-0.2, 0) is 19.5 Å². The molecular formula is C18H26N6O. The van der Waals surface area contributed by atoms with E-state index in [4.69, 9.17) is 0 Å². The minimum atomic E-state index is 0.0621. The van der Waals surface area contributed by atoms with E-state index in [0.717, 1.165) is 69.1 Å². The lowest BCUT2D eigenvalue weighted by molar-refractivity contribution is 0.0695. The van der Waals surface area contributed by atoms with Crippen molar-refractivity contribution in [2.45, 2.75) is 45.2 Å². The molecule has 1 fully saturated rings. The Hall–Kier alpha value is -2.15. The van der Waals surface area contributed by atoms with E-state index in [1.807, 2.05) is 17.3 Å². The second-order valence-electron chi connectivity index (χ2n) is 7.18. The Kier molecular flexibility index (Phi) is 4.33. The lowest BCUT2D eigenvalue weighted by atomic mass is 9.96. The van der Waals surface area contributed by atoms with Crippen LogP contribution in [0.25, 0.3) is 0 Å². The number of aromatic nitrogens is 4. The summed E-state index contributed by atoms with van der Waals surface area (Å²) in [4.78, 5) is 21.9. The molecule has 0 spiro atoms. The maximum Gasteiger partial charge on any atom is 0.274 e. The first-order valence-corrected chi connectivity index (χ1v) is 9.22. The van der Waals surface area contributed by atoms with Gasteiger partial charge in [0.05, 0.1) is 0 Å². The van der Waals surface area contributed by atoms with Gasteiger partial charge in [0.15, 0.2) is 5.69 Å². The Balaban J connectivity index is 1.54. The number of aromatic amines is 1. The average Bonchev–Trinajstić information content (AvgIpc) is 3.27. The van der Waals surface area contributed by atoms with Gasteiger partial charge in [0, 0.05) is 68.7 Å². The third-order valence-corrected chi connectivity index (χ3v) is 5.49. The Morgan fingerprint density at radius 1 is 1.40 bits per heavy atom. The van der Waals surface area contributed by atoms with Crippen molar-refractivity contribution >= 4 is 5.91 Å². The van der Waals surface area contributed by atoms with Crippen molar-refractivity contribution in [3.63, 3.8) is 0 Å². The molecule has 2 aliphatic heterocycles. The molecule has 0 saturated carbocycles. The molecule has 4 heterocycles. The highest BCUT2D eigenvalue weighted by atomic mass is 16.2. The van der Waals surface area contributed by atoms with Crippen molar-refractivity contribution in [3.05, 3.63) is 35.2 Å². The fourth-order valence-corrected chi connectivity index (χ4v) is 4.08. The first-order chi connectivity index (χ1) is 12.2. The van der Waals surface area contributed by atoms with Gasteiger partial charge in [-0.15, -0.1) is 0 Å². The minimum absolute atomic E-state index is 0.0621. The van der Waals surface area contributed by atoms with Crippen molar-refractivity contribution < 1.29 is 4.79 Å². The summed E-state index contributed by atoms with van der Waals surface area (Å²) in [5.41, 5.74) is 2.81. The third kappa shape index (κ3) is 2.97. The van der Waals surface area contributed by atoms with Gasteiger partial charge in [-0.25, -0.2) is 4.98 Å². The second-order valence-corrected chi connectivity index (χ2v) is 7.18. The second kappa shape index (κ2) is 6.63. The number of nitrogens with zero attached hydrogens (tertiary/aromatic N) is 5. The number of piperidine rings is 1. The quantitative estimate of drug-likeness (QED) is 0.920. The zero-order valence-corrected chi connectivity index (χ0v) is 15.0. The molecule has 2 aliphatic rings. The summed E-state index contributed by atoms with van der Waals surface area (Å²) in [6.45, 7) is 6.38. The molecule has 1 saturated heterocycles. The average molecular weight is 342 g/mol. The highest BCUT2D eigenvalue weighted by Gasteiger charge is 2.31. The molecular weight excluding hydrogens is 316 g/mol. The smallest absolute Gasteiger partial charge is 0.274 e. The lowest BCUT2D eigenvalue weighted by Gasteiger charge is -2.32. The number of aryl methyl sites for hydroxylation is 1. The normalized spacial score (nSPS) is 21.4. The standard InChI is InChI=1S/C18H26N6O/c1-3-23-10-7-19-17(23)13-5-4-8-24(11-13)18(25)16-14-12-22(2)9-6-15(14)20-21-16/h7,10,13H,3-6,8-9,11-12H2,1-2H3,(H,20,21). The van der Waals surface area contributed by atoms with E-state index in [2.05, 4.69) is 38.6 Å². The Labute approximate surface area is 148 Å². The summed E-state index contributed by atoms with van der Waals surface area (Å²) in [6, 6.07) is 0. The Morgan fingerprint density at radius 2 is 2.28 bits per heavy atom. The van der Waals surface area contributed by atoms with Gasteiger partial charge in [0.1, 0.15) is 5.82 Å². The molecule has 0 bridgehead atoms. The first kappa shape index (κ1) is 16.3. The molecule has 1 atom stereocenters. The van der Waals surface area contributed by atoms with Gasteiger partial charge in [-0.2, -0.15) is 5.10 Å². The van der Waals surface area contributed by atoms with Gasteiger partial charge in [0.2, 0.25) is 0 Å².